The molecule has 134 valence electrons. The predicted molar refractivity (Wildman–Crippen MR) is 106 cm³/mol. The maximum Gasteiger partial charge on any atom is 0.241 e. The Balaban J connectivity index is 1.83. The molecule has 24 heavy (non-hydrogen) atoms. The normalized spacial score (nSPS) is 18.1. The van der Waals surface area contributed by atoms with Crippen LogP contribution in [-0.2, 0) is 9.53 Å². The maximum absolute atomic E-state index is 12.5. The van der Waals surface area contributed by atoms with Crippen molar-refractivity contribution in [3.63, 3.8) is 0 Å². The fraction of sp³-hybridized carbons (Fsp3) is 0.611. The summed E-state index contributed by atoms with van der Waals surface area (Å²) in [5.74, 6) is 0.0739. The fourth-order valence-electron chi connectivity index (χ4n) is 3.01. The number of methoxy groups -OCH3 is 1. The zero-order valence-corrected chi connectivity index (χ0v) is 16.8. The van der Waals surface area contributed by atoms with Gasteiger partial charge >= 0.3 is 0 Å². The van der Waals surface area contributed by atoms with Gasteiger partial charge in [0.15, 0.2) is 0 Å². The molecular weight excluding hydrogens is 417 g/mol. The lowest BCUT2D eigenvalue weighted by atomic mass is 10.2. The molecule has 0 spiro atoms. The highest BCUT2D eigenvalue weighted by atomic mass is 127. The molecule has 1 aromatic carbocycles. The SMILES string of the molecule is COCCCN1CCCN([C@@H](C)C(=O)Nc2cccc(I)c2)CC1. The van der Waals surface area contributed by atoms with Crippen LogP contribution in [0.4, 0.5) is 5.69 Å². The van der Waals surface area contributed by atoms with Gasteiger partial charge in [0.2, 0.25) is 5.91 Å². The van der Waals surface area contributed by atoms with Crippen LogP contribution in [0.2, 0.25) is 0 Å². The summed E-state index contributed by atoms with van der Waals surface area (Å²) in [6.45, 7) is 7.93. The van der Waals surface area contributed by atoms with Crippen LogP contribution in [0.25, 0.3) is 0 Å². The van der Waals surface area contributed by atoms with E-state index in [4.69, 9.17) is 4.74 Å². The van der Waals surface area contributed by atoms with Gasteiger partial charge in [0.1, 0.15) is 0 Å². The Hall–Kier alpha value is -0.700. The van der Waals surface area contributed by atoms with Gasteiger partial charge in [0, 0.05) is 49.2 Å². The van der Waals surface area contributed by atoms with Crippen molar-refractivity contribution in [1.29, 1.82) is 0 Å². The Kier molecular flexibility index (Phi) is 8.44. The molecule has 0 radical (unpaired) electrons. The minimum atomic E-state index is -0.109. The van der Waals surface area contributed by atoms with E-state index in [0.717, 1.165) is 61.4 Å². The first-order valence-corrected chi connectivity index (χ1v) is 9.70. The topological polar surface area (TPSA) is 44.8 Å². The molecule has 0 aromatic heterocycles. The smallest absolute Gasteiger partial charge is 0.241 e. The third-order valence-corrected chi connectivity index (χ3v) is 5.14. The fourth-order valence-corrected chi connectivity index (χ4v) is 3.56. The molecule has 1 aliphatic rings. The lowest BCUT2D eigenvalue weighted by molar-refractivity contribution is -0.120. The number of nitrogens with zero attached hydrogens (tertiary/aromatic N) is 2. The predicted octanol–water partition coefficient (Wildman–Crippen LogP) is 2.66. The maximum atomic E-state index is 12.5. The van der Waals surface area contributed by atoms with Crippen molar-refractivity contribution >= 4 is 34.2 Å². The van der Waals surface area contributed by atoms with E-state index >= 15 is 0 Å². The molecule has 6 heteroatoms. The first-order chi connectivity index (χ1) is 11.6. The summed E-state index contributed by atoms with van der Waals surface area (Å²) in [6, 6.07) is 7.80. The number of amides is 1. The molecule has 1 aromatic rings. The average Bonchev–Trinajstić information content (AvgIpc) is 2.80. The van der Waals surface area contributed by atoms with E-state index in [1.54, 1.807) is 7.11 Å². The van der Waals surface area contributed by atoms with Crippen molar-refractivity contribution in [3.05, 3.63) is 27.8 Å². The van der Waals surface area contributed by atoms with Crippen molar-refractivity contribution in [2.45, 2.75) is 25.8 Å². The van der Waals surface area contributed by atoms with Crippen molar-refractivity contribution < 1.29 is 9.53 Å². The highest BCUT2D eigenvalue weighted by molar-refractivity contribution is 14.1. The van der Waals surface area contributed by atoms with Gasteiger partial charge in [-0.1, -0.05) is 6.07 Å². The Labute approximate surface area is 158 Å². The number of carbonyl (C=O) groups excluding carboxylic acids is 1. The van der Waals surface area contributed by atoms with Crippen LogP contribution >= 0.6 is 22.6 Å². The minimum absolute atomic E-state index is 0.0739. The van der Waals surface area contributed by atoms with E-state index in [0.29, 0.717) is 0 Å². The summed E-state index contributed by atoms with van der Waals surface area (Å²) in [6.07, 6.45) is 2.17. The van der Waals surface area contributed by atoms with Crippen molar-refractivity contribution in [2.75, 3.05) is 51.8 Å². The highest BCUT2D eigenvalue weighted by Gasteiger charge is 2.24. The molecule has 1 N–H and O–H groups in total. The number of benzene rings is 1. The number of hydrogen-bond donors (Lipinski definition) is 1. The van der Waals surface area contributed by atoms with Gasteiger partial charge in [0.25, 0.3) is 0 Å². The van der Waals surface area contributed by atoms with Gasteiger partial charge in [-0.2, -0.15) is 0 Å². The molecule has 0 saturated carbocycles. The number of ether oxygens (including phenoxy) is 1. The molecule has 1 heterocycles. The monoisotopic (exact) mass is 445 g/mol. The second-order valence-electron chi connectivity index (χ2n) is 6.25. The molecule has 0 bridgehead atoms. The molecule has 1 aliphatic heterocycles. The van der Waals surface area contributed by atoms with Crippen LogP contribution in [0.5, 0.6) is 0 Å². The molecule has 0 unspecified atom stereocenters. The quantitative estimate of drug-likeness (QED) is 0.518. The Bertz CT molecular complexity index is 527. The number of halogens is 1. The molecule has 0 aliphatic carbocycles. The summed E-state index contributed by atoms with van der Waals surface area (Å²) < 4.78 is 6.25. The zero-order chi connectivity index (χ0) is 17.4. The molecule has 1 fully saturated rings. The van der Waals surface area contributed by atoms with E-state index in [2.05, 4.69) is 37.7 Å². The first-order valence-electron chi connectivity index (χ1n) is 8.62. The number of carbonyl (C=O) groups is 1. The Morgan fingerprint density at radius 2 is 2.17 bits per heavy atom. The van der Waals surface area contributed by atoms with Crippen LogP contribution < -0.4 is 5.32 Å². The third kappa shape index (κ3) is 6.31. The van der Waals surface area contributed by atoms with Gasteiger partial charge in [-0.3, -0.25) is 9.69 Å². The number of nitrogens with one attached hydrogen (secondary N) is 1. The number of anilines is 1. The summed E-state index contributed by atoms with van der Waals surface area (Å²) in [4.78, 5) is 17.3. The van der Waals surface area contributed by atoms with Crippen molar-refractivity contribution in [2.24, 2.45) is 0 Å². The van der Waals surface area contributed by atoms with E-state index in [-0.39, 0.29) is 11.9 Å². The Morgan fingerprint density at radius 1 is 1.33 bits per heavy atom. The van der Waals surface area contributed by atoms with E-state index in [1.807, 2.05) is 31.2 Å². The van der Waals surface area contributed by atoms with Gasteiger partial charge in [-0.25, -0.2) is 0 Å². The molecule has 1 amide bonds. The second-order valence-corrected chi connectivity index (χ2v) is 7.50. The van der Waals surface area contributed by atoms with E-state index < -0.39 is 0 Å². The molecule has 1 atom stereocenters. The number of hydrogen-bond acceptors (Lipinski definition) is 4. The van der Waals surface area contributed by atoms with E-state index in [1.165, 1.54) is 0 Å². The minimum Gasteiger partial charge on any atom is -0.385 e. The lowest BCUT2D eigenvalue weighted by Crippen LogP contribution is -2.44. The lowest BCUT2D eigenvalue weighted by Gasteiger charge is -2.27. The summed E-state index contributed by atoms with van der Waals surface area (Å²) in [5.41, 5.74) is 0.870. The van der Waals surface area contributed by atoms with Gasteiger partial charge in [0.05, 0.1) is 6.04 Å². The number of rotatable bonds is 7. The first kappa shape index (κ1) is 19.6. The van der Waals surface area contributed by atoms with Crippen molar-refractivity contribution in [3.8, 4) is 0 Å². The zero-order valence-electron chi connectivity index (χ0n) is 14.6. The third-order valence-electron chi connectivity index (χ3n) is 4.47. The molecular formula is C18H28IN3O2. The van der Waals surface area contributed by atoms with Crippen LogP contribution in [0, 0.1) is 3.57 Å². The van der Waals surface area contributed by atoms with Gasteiger partial charge in [-0.05, 0) is 67.1 Å². The van der Waals surface area contributed by atoms with Crippen molar-refractivity contribution in [1.82, 2.24) is 9.80 Å². The summed E-state index contributed by atoms with van der Waals surface area (Å²) in [7, 11) is 1.75. The summed E-state index contributed by atoms with van der Waals surface area (Å²) in [5, 5.41) is 3.04. The van der Waals surface area contributed by atoms with Crippen LogP contribution in [0.3, 0.4) is 0 Å². The largest absolute Gasteiger partial charge is 0.385 e. The van der Waals surface area contributed by atoms with Crippen LogP contribution in [0.15, 0.2) is 24.3 Å². The van der Waals surface area contributed by atoms with Gasteiger partial charge < -0.3 is 15.0 Å². The second kappa shape index (κ2) is 10.3. The standard InChI is InChI=1S/C18H28IN3O2/c1-15(18(23)20-17-7-3-6-16(19)14-17)22-10-4-8-21(11-12-22)9-5-13-24-2/h3,6-7,14-15H,4-5,8-13H2,1-2H3,(H,20,23)/t15-/m0/s1. The van der Waals surface area contributed by atoms with Crippen LogP contribution in [0.1, 0.15) is 19.8 Å². The highest BCUT2D eigenvalue weighted by Crippen LogP contribution is 2.14. The molecule has 1 saturated heterocycles. The molecule has 2 rings (SSSR count). The Morgan fingerprint density at radius 3 is 2.92 bits per heavy atom. The van der Waals surface area contributed by atoms with Crippen LogP contribution in [-0.4, -0.2) is 68.2 Å². The van der Waals surface area contributed by atoms with Gasteiger partial charge in [-0.15, -0.1) is 0 Å². The molecule has 5 nitrogen and oxygen atoms in total. The van der Waals surface area contributed by atoms with E-state index in [9.17, 15) is 4.79 Å². The average molecular weight is 445 g/mol. The summed E-state index contributed by atoms with van der Waals surface area (Å²) >= 11 is 2.26.